The summed E-state index contributed by atoms with van der Waals surface area (Å²) >= 11 is 3.09. The molecule has 0 amide bonds. The summed E-state index contributed by atoms with van der Waals surface area (Å²) in [7, 11) is 0. The monoisotopic (exact) mass is 330 g/mol. The van der Waals surface area contributed by atoms with Gasteiger partial charge < -0.3 is 16.2 Å². The molecule has 1 aromatic rings. The van der Waals surface area contributed by atoms with E-state index >= 15 is 0 Å². The molecule has 1 aromatic carbocycles. The second kappa shape index (κ2) is 5.67. The van der Waals surface area contributed by atoms with Gasteiger partial charge >= 0.3 is 0 Å². The van der Waals surface area contributed by atoms with E-state index in [4.69, 9.17) is 5.73 Å². The van der Waals surface area contributed by atoms with Gasteiger partial charge in [0.25, 0.3) is 0 Å². The van der Waals surface area contributed by atoms with E-state index in [1.54, 1.807) is 0 Å². The fourth-order valence-electron chi connectivity index (χ4n) is 2.77. The average molecular weight is 331 g/mol. The molecular formula is C14H20BrFN2O. The first-order valence-electron chi connectivity index (χ1n) is 6.60. The Bertz CT molecular complexity index is 469. The van der Waals surface area contributed by atoms with E-state index in [1.807, 2.05) is 0 Å². The van der Waals surface area contributed by atoms with E-state index in [2.05, 4.69) is 28.2 Å². The topological polar surface area (TPSA) is 58.3 Å². The first-order chi connectivity index (χ1) is 8.89. The Hall–Kier alpha value is -0.810. The van der Waals surface area contributed by atoms with Gasteiger partial charge in [-0.05, 0) is 40.8 Å². The molecule has 1 aliphatic rings. The highest BCUT2D eigenvalue weighted by molar-refractivity contribution is 9.10. The van der Waals surface area contributed by atoms with Crippen molar-refractivity contribution in [2.75, 3.05) is 17.6 Å². The first-order valence-corrected chi connectivity index (χ1v) is 7.40. The van der Waals surface area contributed by atoms with Gasteiger partial charge in [-0.15, -0.1) is 0 Å². The van der Waals surface area contributed by atoms with Gasteiger partial charge in [0.2, 0.25) is 0 Å². The fraction of sp³-hybridized carbons (Fsp3) is 0.571. The van der Waals surface area contributed by atoms with Crippen molar-refractivity contribution >= 4 is 27.3 Å². The van der Waals surface area contributed by atoms with Crippen LogP contribution >= 0.6 is 15.9 Å². The van der Waals surface area contributed by atoms with Crippen molar-refractivity contribution in [3.63, 3.8) is 0 Å². The van der Waals surface area contributed by atoms with Gasteiger partial charge in [-0.1, -0.05) is 19.8 Å². The number of halogens is 2. The molecule has 4 N–H and O–H groups in total. The summed E-state index contributed by atoms with van der Waals surface area (Å²) in [6, 6.07) is 2.89. The van der Waals surface area contributed by atoms with Gasteiger partial charge in [-0.25, -0.2) is 4.39 Å². The zero-order valence-electron chi connectivity index (χ0n) is 11.0. The Morgan fingerprint density at radius 3 is 3.00 bits per heavy atom. The smallest absolute Gasteiger partial charge is 0.139 e. The molecular weight excluding hydrogens is 311 g/mol. The Morgan fingerprint density at radius 2 is 2.32 bits per heavy atom. The fourth-order valence-corrected chi connectivity index (χ4v) is 3.13. The number of rotatable bonds is 3. The minimum Gasteiger partial charge on any atom is -0.397 e. The van der Waals surface area contributed by atoms with Crippen LogP contribution in [0.25, 0.3) is 0 Å². The Kier molecular flexibility index (Phi) is 4.36. The molecule has 0 saturated heterocycles. The Labute approximate surface area is 121 Å². The lowest BCUT2D eigenvalue weighted by Crippen LogP contribution is -2.41. The molecule has 0 spiro atoms. The van der Waals surface area contributed by atoms with Crippen molar-refractivity contribution in [2.24, 2.45) is 5.92 Å². The van der Waals surface area contributed by atoms with Crippen molar-refractivity contribution in [3.8, 4) is 0 Å². The minimum atomic E-state index is -0.715. The summed E-state index contributed by atoms with van der Waals surface area (Å²) in [5, 5.41) is 13.6. The van der Waals surface area contributed by atoms with Gasteiger partial charge in [0.05, 0.1) is 21.4 Å². The van der Waals surface area contributed by atoms with Crippen molar-refractivity contribution in [3.05, 3.63) is 22.4 Å². The maximum Gasteiger partial charge on any atom is 0.139 e. The molecule has 0 aliphatic heterocycles. The maximum absolute atomic E-state index is 13.5. The zero-order chi connectivity index (χ0) is 14.0. The molecule has 2 unspecified atom stereocenters. The molecule has 0 bridgehead atoms. The summed E-state index contributed by atoms with van der Waals surface area (Å²) < 4.78 is 13.8. The van der Waals surface area contributed by atoms with E-state index in [-0.39, 0.29) is 5.82 Å². The summed E-state index contributed by atoms with van der Waals surface area (Å²) in [6.45, 7) is 2.56. The average Bonchev–Trinajstić information content (AvgIpc) is 2.32. The second-order valence-corrected chi connectivity index (χ2v) is 6.49. The molecule has 19 heavy (non-hydrogen) atoms. The summed E-state index contributed by atoms with van der Waals surface area (Å²) in [5.41, 5.74) is 6.13. The first kappa shape index (κ1) is 14.6. The van der Waals surface area contributed by atoms with Crippen LogP contribution in [0.4, 0.5) is 15.8 Å². The van der Waals surface area contributed by atoms with Crippen molar-refractivity contribution < 1.29 is 9.50 Å². The zero-order valence-corrected chi connectivity index (χ0v) is 12.6. The quantitative estimate of drug-likeness (QED) is 0.743. The Balaban J connectivity index is 2.04. The number of nitrogen functional groups attached to an aromatic ring is 1. The highest BCUT2D eigenvalue weighted by Gasteiger charge is 2.32. The third kappa shape index (κ3) is 3.60. The van der Waals surface area contributed by atoms with E-state index < -0.39 is 5.60 Å². The highest BCUT2D eigenvalue weighted by atomic mass is 79.9. The molecule has 2 rings (SSSR count). The lowest BCUT2D eigenvalue weighted by atomic mass is 9.79. The van der Waals surface area contributed by atoms with Crippen molar-refractivity contribution in [2.45, 2.75) is 38.2 Å². The van der Waals surface area contributed by atoms with Crippen LogP contribution in [0.3, 0.4) is 0 Å². The number of benzene rings is 1. The maximum atomic E-state index is 13.5. The lowest BCUT2D eigenvalue weighted by molar-refractivity contribution is -0.000753. The normalized spacial score (nSPS) is 27.3. The summed E-state index contributed by atoms with van der Waals surface area (Å²) in [6.07, 6.45) is 3.75. The van der Waals surface area contributed by atoms with Crippen LogP contribution in [0, 0.1) is 11.7 Å². The number of hydrogen-bond donors (Lipinski definition) is 3. The molecule has 106 valence electrons. The molecule has 2 atom stereocenters. The van der Waals surface area contributed by atoms with Crippen LogP contribution in [0.1, 0.15) is 32.6 Å². The van der Waals surface area contributed by atoms with Crippen LogP contribution in [-0.2, 0) is 0 Å². The third-order valence-corrected chi connectivity index (χ3v) is 4.38. The van der Waals surface area contributed by atoms with Gasteiger partial charge in [-0.2, -0.15) is 0 Å². The third-order valence-electron chi connectivity index (χ3n) is 3.77. The summed E-state index contributed by atoms with van der Waals surface area (Å²) in [4.78, 5) is 0. The van der Waals surface area contributed by atoms with Gasteiger partial charge in [0.1, 0.15) is 5.82 Å². The van der Waals surface area contributed by atoms with Crippen LogP contribution in [0.5, 0.6) is 0 Å². The van der Waals surface area contributed by atoms with Crippen LogP contribution in [0.2, 0.25) is 0 Å². The van der Waals surface area contributed by atoms with E-state index in [9.17, 15) is 9.50 Å². The number of hydrogen-bond acceptors (Lipinski definition) is 3. The molecule has 0 heterocycles. The lowest BCUT2D eigenvalue weighted by Gasteiger charge is -2.36. The standard InChI is InChI=1S/C14H20BrFN2O/c1-9-3-2-4-14(19,7-9)8-18-13-6-11(16)10(15)5-12(13)17/h5-6,9,18-19H,2-4,7-8,17H2,1H3. The molecule has 5 heteroatoms. The van der Waals surface area contributed by atoms with Crippen LogP contribution in [0.15, 0.2) is 16.6 Å². The molecule has 0 radical (unpaired) electrons. The minimum absolute atomic E-state index is 0.348. The molecule has 1 saturated carbocycles. The summed E-state index contributed by atoms with van der Waals surface area (Å²) in [5.74, 6) is 0.167. The van der Waals surface area contributed by atoms with E-state index in [0.29, 0.717) is 28.3 Å². The molecule has 3 nitrogen and oxygen atoms in total. The van der Waals surface area contributed by atoms with Crippen LogP contribution < -0.4 is 11.1 Å². The largest absolute Gasteiger partial charge is 0.397 e. The van der Waals surface area contributed by atoms with Crippen molar-refractivity contribution in [1.82, 2.24) is 0 Å². The molecule has 1 aliphatic carbocycles. The van der Waals surface area contributed by atoms with Crippen molar-refractivity contribution in [1.29, 1.82) is 0 Å². The van der Waals surface area contributed by atoms with E-state index in [0.717, 1.165) is 25.7 Å². The van der Waals surface area contributed by atoms with Gasteiger partial charge in [0.15, 0.2) is 0 Å². The van der Waals surface area contributed by atoms with Gasteiger partial charge in [-0.3, -0.25) is 0 Å². The van der Waals surface area contributed by atoms with E-state index in [1.165, 1.54) is 12.1 Å². The van der Waals surface area contributed by atoms with Crippen LogP contribution in [-0.4, -0.2) is 17.3 Å². The SMILES string of the molecule is CC1CCCC(O)(CNc2cc(F)c(Br)cc2N)C1. The van der Waals surface area contributed by atoms with Gasteiger partial charge in [0, 0.05) is 12.6 Å². The predicted molar refractivity (Wildman–Crippen MR) is 79.6 cm³/mol. The second-order valence-electron chi connectivity index (χ2n) is 5.63. The highest BCUT2D eigenvalue weighted by Crippen LogP contribution is 2.33. The molecule has 1 fully saturated rings. The number of anilines is 2. The number of nitrogens with one attached hydrogen (secondary N) is 1. The number of aliphatic hydroxyl groups is 1. The predicted octanol–water partition coefficient (Wildman–Crippen LogP) is 3.52. The molecule has 0 aromatic heterocycles. The number of nitrogens with two attached hydrogens (primary N) is 1. The Morgan fingerprint density at radius 1 is 1.58 bits per heavy atom.